The van der Waals surface area contributed by atoms with Crippen LogP contribution in [0.3, 0.4) is 0 Å². The zero-order valence-electron chi connectivity index (χ0n) is 9.05. The van der Waals surface area contributed by atoms with Crippen molar-refractivity contribution in [3.8, 4) is 6.01 Å². The van der Waals surface area contributed by atoms with E-state index in [1.807, 2.05) is 4.57 Å². The number of methoxy groups -OCH3 is 1. The van der Waals surface area contributed by atoms with Crippen molar-refractivity contribution in [2.75, 3.05) is 19.4 Å². The van der Waals surface area contributed by atoms with Gasteiger partial charge in [0.2, 0.25) is 0 Å². The molecule has 0 aliphatic heterocycles. The number of aryl methyl sites for hydroxylation is 1. The molecule has 0 saturated carbocycles. The maximum absolute atomic E-state index is 5.74. The second-order valence-electron chi connectivity index (χ2n) is 3.35. The average Bonchev–Trinajstić information content (AvgIpc) is 2.70. The quantitative estimate of drug-likeness (QED) is 0.740. The Labute approximate surface area is 92.4 Å². The number of nitrogens with two attached hydrogens (primary N) is 2. The zero-order valence-corrected chi connectivity index (χ0v) is 9.05. The Morgan fingerprint density at radius 2 is 2.25 bits per heavy atom. The molecule has 0 atom stereocenters. The van der Waals surface area contributed by atoms with Gasteiger partial charge in [0.1, 0.15) is 5.52 Å². The standard InChI is InChI=1S/C9H14N6O/c1-16-9-13-7(11)6-8(14-9)15(5-12-6)4-2-3-10/h5H,2-4,10H2,1H3,(H2,11,13,14). The molecule has 0 spiro atoms. The van der Waals surface area contributed by atoms with Crippen molar-refractivity contribution in [1.29, 1.82) is 0 Å². The summed E-state index contributed by atoms with van der Waals surface area (Å²) >= 11 is 0. The molecule has 2 aromatic heterocycles. The number of nitrogens with zero attached hydrogens (tertiary/aromatic N) is 4. The van der Waals surface area contributed by atoms with Gasteiger partial charge in [0.05, 0.1) is 13.4 Å². The maximum Gasteiger partial charge on any atom is 0.320 e. The molecule has 0 radical (unpaired) electrons. The Bertz CT molecular complexity index is 494. The first-order valence-corrected chi connectivity index (χ1v) is 4.98. The molecule has 0 unspecified atom stereocenters. The van der Waals surface area contributed by atoms with Crippen LogP contribution in [-0.4, -0.2) is 33.2 Å². The van der Waals surface area contributed by atoms with Crippen LogP contribution in [0, 0.1) is 0 Å². The lowest BCUT2D eigenvalue weighted by atomic mass is 10.4. The van der Waals surface area contributed by atoms with Gasteiger partial charge in [-0.15, -0.1) is 0 Å². The molecule has 0 amide bonds. The normalized spacial score (nSPS) is 10.9. The first-order chi connectivity index (χ1) is 7.76. The molecule has 16 heavy (non-hydrogen) atoms. The first-order valence-electron chi connectivity index (χ1n) is 4.98. The molecule has 7 heteroatoms. The number of fused-ring (bicyclic) bond motifs is 1. The summed E-state index contributed by atoms with van der Waals surface area (Å²) in [5.41, 5.74) is 12.5. The third-order valence-corrected chi connectivity index (χ3v) is 2.26. The van der Waals surface area contributed by atoms with Gasteiger partial charge in [-0.05, 0) is 13.0 Å². The molecule has 0 aliphatic rings. The van der Waals surface area contributed by atoms with Crippen LogP contribution in [0.15, 0.2) is 6.33 Å². The van der Waals surface area contributed by atoms with E-state index in [9.17, 15) is 0 Å². The molecule has 0 aromatic carbocycles. The lowest BCUT2D eigenvalue weighted by Gasteiger charge is -2.03. The summed E-state index contributed by atoms with van der Waals surface area (Å²) < 4.78 is 6.86. The molecule has 0 saturated heterocycles. The molecule has 0 bridgehead atoms. The van der Waals surface area contributed by atoms with E-state index in [2.05, 4.69) is 15.0 Å². The number of imidazole rings is 1. The van der Waals surface area contributed by atoms with E-state index in [0.717, 1.165) is 13.0 Å². The van der Waals surface area contributed by atoms with E-state index < -0.39 is 0 Å². The highest BCUT2D eigenvalue weighted by Crippen LogP contribution is 2.18. The topological polar surface area (TPSA) is 105 Å². The second kappa shape index (κ2) is 4.31. The van der Waals surface area contributed by atoms with Crippen LogP contribution in [0.2, 0.25) is 0 Å². The number of anilines is 1. The van der Waals surface area contributed by atoms with Crippen molar-refractivity contribution >= 4 is 17.0 Å². The van der Waals surface area contributed by atoms with Crippen LogP contribution < -0.4 is 16.2 Å². The van der Waals surface area contributed by atoms with Crippen molar-refractivity contribution in [1.82, 2.24) is 19.5 Å². The smallest absolute Gasteiger partial charge is 0.320 e. The minimum Gasteiger partial charge on any atom is -0.467 e. The summed E-state index contributed by atoms with van der Waals surface area (Å²) in [6, 6.07) is 0.250. The predicted molar refractivity (Wildman–Crippen MR) is 60.0 cm³/mol. The minimum atomic E-state index is 0.250. The van der Waals surface area contributed by atoms with Crippen LogP contribution in [0.4, 0.5) is 5.82 Å². The van der Waals surface area contributed by atoms with Crippen molar-refractivity contribution in [3.63, 3.8) is 0 Å². The van der Waals surface area contributed by atoms with E-state index in [1.54, 1.807) is 6.33 Å². The molecular formula is C9H14N6O. The Hall–Kier alpha value is -1.89. The van der Waals surface area contributed by atoms with E-state index in [4.69, 9.17) is 16.2 Å². The van der Waals surface area contributed by atoms with Crippen LogP contribution >= 0.6 is 0 Å². The Morgan fingerprint density at radius 3 is 2.94 bits per heavy atom. The zero-order chi connectivity index (χ0) is 11.5. The third-order valence-electron chi connectivity index (χ3n) is 2.26. The lowest BCUT2D eigenvalue weighted by molar-refractivity contribution is 0.381. The van der Waals surface area contributed by atoms with E-state index in [1.165, 1.54) is 7.11 Å². The first kappa shape index (κ1) is 10.6. The average molecular weight is 222 g/mol. The molecule has 4 N–H and O–H groups in total. The van der Waals surface area contributed by atoms with Gasteiger partial charge in [-0.3, -0.25) is 0 Å². The third kappa shape index (κ3) is 1.76. The molecule has 2 aromatic rings. The largest absolute Gasteiger partial charge is 0.467 e. The number of ether oxygens (including phenoxy) is 1. The highest BCUT2D eigenvalue weighted by molar-refractivity contribution is 5.81. The fourth-order valence-electron chi connectivity index (χ4n) is 1.46. The number of aromatic nitrogens is 4. The molecule has 7 nitrogen and oxygen atoms in total. The van der Waals surface area contributed by atoms with E-state index >= 15 is 0 Å². The molecule has 86 valence electrons. The summed E-state index contributed by atoms with van der Waals surface area (Å²) in [5, 5.41) is 0. The number of rotatable bonds is 4. The lowest BCUT2D eigenvalue weighted by Crippen LogP contribution is -2.06. The van der Waals surface area contributed by atoms with Gasteiger partial charge >= 0.3 is 6.01 Å². The van der Waals surface area contributed by atoms with Crippen molar-refractivity contribution < 1.29 is 4.74 Å². The van der Waals surface area contributed by atoms with Crippen LogP contribution in [-0.2, 0) is 6.54 Å². The Balaban J connectivity index is 2.47. The molecule has 0 fully saturated rings. The van der Waals surface area contributed by atoms with Gasteiger partial charge < -0.3 is 20.8 Å². The van der Waals surface area contributed by atoms with Crippen LogP contribution in [0.1, 0.15) is 6.42 Å². The monoisotopic (exact) mass is 222 g/mol. The maximum atomic E-state index is 5.74. The van der Waals surface area contributed by atoms with Gasteiger partial charge in [0, 0.05) is 6.54 Å². The van der Waals surface area contributed by atoms with Crippen molar-refractivity contribution in [2.24, 2.45) is 5.73 Å². The molecule has 2 rings (SSSR count). The van der Waals surface area contributed by atoms with Crippen molar-refractivity contribution in [2.45, 2.75) is 13.0 Å². The van der Waals surface area contributed by atoms with Crippen LogP contribution in [0.25, 0.3) is 11.2 Å². The summed E-state index contributed by atoms with van der Waals surface area (Å²) in [5.74, 6) is 0.327. The Morgan fingerprint density at radius 1 is 1.44 bits per heavy atom. The van der Waals surface area contributed by atoms with E-state index in [-0.39, 0.29) is 6.01 Å². The summed E-state index contributed by atoms with van der Waals surface area (Å²) in [6.07, 6.45) is 2.54. The summed E-state index contributed by atoms with van der Waals surface area (Å²) in [6.45, 7) is 1.38. The fourth-order valence-corrected chi connectivity index (χ4v) is 1.46. The highest BCUT2D eigenvalue weighted by Gasteiger charge is 2.10. The number of hydrogen-bond donors (Lipinski definition) is 2. The summed E-state index contributed by atoms with van der Waals surface area (Å²) in [4.78, 5) is 12.3. The molecule has 2 heterocycles. The highest BCUT2D eigenvalue weighted by atomic mass is 16.5. The predicted octanol–water partition coefficient (Wildman–Crippen LogP) is -0.234. The van der Waals surface area contributed by atoms with Gasteiger partial charge in [-0.2, -0.15) is 9.97 Å². The number of nitrogen functional groups attached to an aromatic ring is 1. The van der Waals surface area contributed by atoms with Gasteiger partial charge in [0.15, 0.2) is 11.5 Å². The van der Waals surface area contributed by atoms with Crippen molar-refractivity contribution in [3.05, 3.63) is 6.33 Å². The molecule has 0 aliphatic carbocycles. The van der Waals surface area contributed by atoms with E-state index in [0.29, 0.717) is 23.5 Å². The van der Waals surface area contributed by atoms with Gasteiger partial charge in [-0.25, -0.2) is 4.98 Å². The Kier molecular flexibility index (Phi) is 2.86. The SMILES string of the molecule is COc1nc(N)c2ncn(CCCN)c2n1. The second-order valence-corrected chi connectivity index (χ2v) is 3.35. The van der Waals surface area contributed by atoms with Gasteiger partial charge in [-0.1, -0.05) is 0 Å². The van der Waals surface area contributed by atoms with Crippen LogP contribution in [0.5, 0.6) is 6.01 Å². The van der Waals surface area contributed by atoms with Gasteiger partial charge in [0.25, 0.3) is 0 Å². The minimum absolute atomic E-state index is 0.250. The molecular weight excluding hydrogens is 208 g/mol. The fraction of sp³-hybridized carbons (Fsp3) is 0.444. The number of hydrogen-bond acceptors (Lipinski definition) is 6. The summed E-state index contributed by atoms with van der Waals surface area (Å²) in [7, 11) is 1.50.